The third kappa shape index (κ3) is 0.634. The van der Waals surface area contributed by atoms with E-state index in [2.05, 4.69) is 19.9 Å². The van der Waals surface area contributed by atoms with E-state index in [1.807, 2.05) is 0 Å². The van der Waals surface area contributed by atoms with Gasteiger partial charge in [0.1, 0.15) is 15.9 Å². The summed E-state index contributed by atoms with van der Waals surface area (Å²) >= 11 is 1.53. The number of hydrogen-bond acceptors (Lipinski definition) is 4. The Morgan fingerprint density at radius 1 is 1.17 bits per heavy atom. The van der Waals surface area contributed by atoms with E-state index in [1.165, 1.54) is 11.3 Å². The molecule has 58 valence electrons. The minimum absolute atomic E-state index is 0.888. The molecule has 0 bridgehead atoms. The molecule has 4 nitrogen and oxygen atoms in total. The SMILES string of the molecule is c1nc2c(cnc3scnc32)[nH]1. The van der Waals surface area contributed by atoms with E-state index < -0.39 is 0 Å². The summed E-state index contributed by atoms with van der Waals surface area (Å²) < 4.78 is 0. The van der Waals surface area contributed by atoms with Gasteiger partial charge in [0, 0.05) is 0 Å². The Kier molecular flexibility index (Phi) is 1.02. The first kappa shape index (κ1) is 6.07. The molecule has 3 heterocycles. The molecule has 0 aliphatic carbocycles. The number of aromatic nitrogens is 4. The fourth-order valence-corrected chi connectivity index (χ4v) is 1.84. The lowest BCUT2D eigenvalue weighted by Gasteiger charge is -1.87. The first-order chi connectivity index (χ1) is 5.95. The van der Waals surface area contributed by atoms with Crippen molar-refractivity contribution in [3.8, 4) is 0 Å². The molecule has 0 fully saturated rings. The fraction of sp³-hybridized carbons (Fsp3) is 0. The van der Waals surface area contributed by atoms with Crippen LogP contribution in [0, 0.1) is 0 Å². The maximum absolute atomic E-state index is 4.23. The van der Waals surface area contributed by atoms with Crippen LogP contribution in [0.5, 0.6) is 0 Å². The Hall–Kier alpha value is -1.49. The van der Waals surface area contributed by atoms with Crippen LogP contribution >= 0.6 is 11.3 Å². The molecule has 0 aromatic carbocycles. The average molecular weight is 176 g/mol. The van der Waals surface area contributed by atoms with Crippen LogP contribution in [-0.4, -0.2) is 19.9 Å². The molecular formula is C7H4N4S. The van der Waals surface area contributed by atoms with Gasteiger partial charge in [-0.3, -0.25) is 0 Å². The molecular weight excluding hydrogens is 172 g/mol. The molecule has 3 rings (SSSR count). The molecule has 0 aliphatic rings. The van der Waals surface area contributed by atoms with Crippen LogP contribution in [0.4, 0.5) is 0 Å². The van der Waals surface area contributed by atoms with Crippen molar-refractivity contribution in [2.24, 2.45) is 0 Å². The topological polar surface area (TPSA) is 54.5 Å². The van der Waals surface area contributed by atoms with Crippen molar-refractivity contribution in [2.45, 2.75) is 0 Å². The van der Waals surface area contributed by atoms with Gasteiger partial charge < -0.3 is 4.98 Å². The van der Waals surface area contributed by atoms with Gasteiger partial charge in [-0.25, -0.2) is 15.0 Å². The van der Waals surface area contributed by atoms with Crippen LogP contribution in [0.25, 0.3) is 21.4 Å². The number of H-pyrrole nitrogens is 1. The average Bonchev–Trinajstić information content (AvgIpc) is 2.71. The second-order valence-electron chi connectivity index (χ2n) is 2.43. The summed E-state index contributed by atoms with van der Waals surface area (Å²) in [6, 6.07) is 0. The molecule has 3 aromatic heterocycles. The highest BCUT2D eigenvalue weighted by Gasteiger charge is 2.04. The van der Waals surface area contributed by atoms with Crippen molar-refractivity contribution in [1.29, 1.82) is 0 Å². The summed E-state index contributed by atoms with van der Waals surface area (Å²) in [6.07, 6.45) is 3.44. The Morgan fingerprint density at radius 3 is 3.17 bits per heavy atom. The van der Waals surface area contributed by atoms with Gasteiger partial charge in [0.15, 0.2) is 0 Å². The van der Waals surface area contributed by atoms with E-state index in [9.17, 15) is 0 Å². The van der Waals surface area contributed by atoms with Gasteiger partial charge in [0.05, 0.1) is 23.6 Å². The lowest BCUT2D eigenvalue weighted by atomic mass is 10.4. The van der Waals surface area contributed by atoms with Crippen molar-refractivity contribution in [3.63, 3.8) is 0 Å². The molecule has 0 amide bonds. The monoisotopic (exact) mass is 176 g/mol. The summed E-state index contributed by atoms with van der Waals surface area (Å²) in [6.45, 7) is 0. The van der Waals surface area contributed by atoms with E-state index in [0.717, 1.165) is 21.4 Å². The Bertz CT molecular complexity index is 489. The molecule has 0 spiro atoms. The summed E-state index contributed by atoms with van der Waals surface area (Å²) in [4.78, 5) is 16.5. The lowest BCUT2D eigenvalue weighted by molar-refractivity contribution is 1.34. The molecule has 12 heavy (non-hydrogen) atoms. The van der Waals surface area contributed by atoms with Crippen LogP contribution in [0.1, 0.15) is 0 Å². The second kappa shape index (κ2) is 2.01. The first-order valence-corrected chi connectivity index (χ1v) is 4.34. The zero-order valence-electron chi connectivity index (χ0n) is 5.98. The number of hydrogen-bond donors (Lipinski definition) is 1. The van der Waals surface area contributed by atoms with E-state index in [-0.39, 0.29) is 0 Å². The largest absolute Gasteiger partial charge is 0.343 e. The van der Waals surface area contributed by atoms with Crippen LogP contribution in [0.2, 0.25) is 0 Å². The van der Waals surface area contributed by atoms with Crippen molar-refractivity contribution in [2.75, 3.05) is 0 Å². The van der Waals surface area contributed by atoms with Crippen LogP contribution in [-0.2, 0) is 0 Å². The van der Waals surface area contributed by atoms with Gasteiger partial charge in [0.2, 0.25) is 0 Å². The third-order valence-electron chi connectivity index (χ3n) is 1.75. The molecule has 3 aromatic rings. The summed E-state index contributed by atoms with van der Waals surface area (Å²) in [7, 11) is 0. The molecule has 0 unspecified atom stereocenters. The quantitative estimate of drug-likeness (QED) is 0.565. The van der Waals surface area contributed by atoms with Gasteiger partial charge >= 0.3 is 0 Å². The van der Waals surface area contributed by atoms with Crippen molar-refractivity contribution >= 4 is 32.7 Å². The summed E-state index contributed by atoms with van der Waals surface area (Å²) in [5.41, 5.74) is 4.51. The number of thiazole rings is 1. The standard InChI is InChI=1S/C7H4N4S/c1-4-5(10-2-9-4)6-7(8-1)12-3-11-6/h1-3H,(H,9,10). The van der Waals surface area contributed by atoms with E-state index in [0.29, 0.717) is 0 Å². The first-order valence-electron chi connectivity index (χ1n) is 3.46. The van der Waals surface area contributed by atoms with Crippen LogP contribution in [0.3, 0.4) is 0 Å². The van der Waals surface area contributed by atoms with E-state index in [4.69, 9.17) is 0 Å². The Morgan fingerprint density at radius 2 is 2.17 bits per heavy atom. The third-order valence-corrected chi connectivity index (χ3v) is 2.49. The zero-order valence-corrected chi connectivity index (χ0v) is 6.80. The fourth-order valence-electron chi connectivity index (χ4n) is 1.21. The van der Waals surface area contributed by atoms with Crippen LogP contribution < -0.4 is 0 Å². The maximum atomic E-state index is 4.23. The molecule has 0 atom stereocenters. The number of nitrogens with one attached hydrogen (secondary N) is 1. The van der Waals surface area contributed by atoms with Gasteiger partial charge in [0.25, 0.3) is 0 Å². The van der Waals surface area contributed by atoms with Crippen molar-refractivity contribution < 1.29 is 0 Å². The zero-order chi connectivity index (χ0) is 7.97. The smallest absolute Gasteiger partial charge is 0.145 e. The minimum atomic E-state index is 0.888. The van der Waals surface area contributed by atoms with Crippen LogP contribution in [0.15, 0.2) is 18.0 Å². The number of nitrogens with zero attached hydrogens (tertiary/aromatic N) is 3. The number of fused-ring (bicyclic) bond motifs is 3. The number of imidazole rings is 1. The molecule has 5 heteroatoms. The van der Waals surface area contributed by atoms with Gasteiger partial charge in [-0.05, 0) is 0 Å². The number of pyridine rings is 1. The summed E-state index contributed by atoms with van der Waals surface area (Å²) in [5.74, 6) is 0. The predicted octanol–water partition coefficient (Wildman–Crippen LogP) is 1.57. The highest BCUT2D eigenvalue weighted by atomic mass is 32.1. The van der Waals surface area contributed by atoms with Crippen molar-refractivity contribution in [1.82, 2.24) is 19.9 Å². The number of aromatic amines is 1. The Labute approximate surface area is 71.3 Å². The molecule has 0 saturated heterocycles. The molecule has 0 radical (unpaired) electrons. The van der Waals surface area contributed by atoms with Gasteiger partial charge in [-0.15, -0.1) is 11.3 Å². The normalized spacial score (nSPS) is 11.3. The number of rotatable bonds is 0. The second-order valence-corrected chi connectivity index (χ2v) is 3.26. The minimum Gasteiger partial charge on any atom is -0.343 e. The van der Waals surface area contributed by atoms with Crippen molar-refractivity contribution in [3.05, 3.63) is 18.0 Å². The highest BCUT2D eigenvalue weighted by molar-refractivity contribution is 7.16. The molecule has 1 N–H and O–H groups in total. The molecule has 0 aliphatic heterocycles. The molecule has 0 saturated carbocycles. The lowest BCUT2D eigenvalue weighted by Crippen LogP contribution is -1.76. The Balaban J connectivity index is 2.71. The summed E-state index contributed by atoms with van der Waals surface area (Å²) in [5, 5.41) is 0. The predicted molar refractivity (Wildman–Crippen MR) is 47.1 cm³/mol. The van der Waals surface area contributed by atoms with Gasteiger partial charge in [-0.2, -0.15) is 0 Å². The van der Waals surface area contributed by atoms with Gasteiger partial charge in [-0.1, -0.05) is 0 Å². The van der Waals surface area contributed by atoms with E-state index >= 15 is 0 Å². The van der Waals surface area contributed by atoms with E-state index in [1.54, 1.807) is 18.0 Å². The highest BCUT2D eigenvalue weighted by Crippen LogP contribution is 2.21. The maximum Gasteiger partial charge on any atom is 0.145 e.